The van der Waals surface area contributed by atoms with E-state index >= 15 is 0 Å². The lowest BCUT2D eigenvalue weighted by atomic mass is 10.5. The predicted octanol–water partition coefficient (Wildman–Crippen LogP) is 0.432. The summed E-state index contributed by atoms with van der Waals surface area (Å²) in [6.45, 7) is 5.45. The van der Waals surface area contributed by atoms with Gasteiger partial charge in [-0.15, -0.1) is 0 Å². The number of hydrogen-bond donors (Lipinski definition) is 0. The molecule has 0 atom stereocenters. The molecule has 0 fully saturated rings. The third-order valence-corrected chi connectivity index (χ3v) is 2.07. The lowest BCUT2D eigenvalue weighted by molar-refractivity contribution is -0.574. The predicted molar refractivity (Wildman–Crippen MR) is 53.8 cm³/mol. The average molecular weight is 192 g/mol. The molecule has 14 heavy (non-hydrogen) atoms. The highest BCUT2D eigenvalue weighted by atomic mass is 16.3. The first-order valence-corrected chi connectivity index (χ1v) is 4.87. The van der Waals surface area contributed by atoms with E-state index in [0.717, 1.165) is 13.1 Å². The average Bonchev–Trinajstić information content (AvgIpc) is 2.21. The van der Waals surface area contributed by atoms with Crippen molar-refractivity contribution in [3.05, 3.63) is 36.5 Å². The minimum Gasteiger partial charge on any atom is -0.856 e. The quantitative estimate of drug-likeness (QED) is 0.511. The number of pyridine rings is 1. The van der Waals surface area contributed by atoms with Crippen molar-refractivity contribution >= 4 is 6.20 Å². The summed E-state index contributed by atoms with van der Waals surface area (Å²) >= 11 is 0. The number of nitrogens with zero attached hydrogens (tertiary/aromatic N) is 2. The van der Waals surface area contributed by atoms with Crippen LogP contribution in [0.2, 0.25) is 0 Å². The Morgan fingerprint density at radius 2 is 1.79 bits per heavy atom. The largest absolute Gasteiger partial charge is 0.856 e. The Labute approximate surface area is 84.9 Å². The SMILES string of the molecule is CCN(CC)/C([O-])=C/[n+]1ccccc1. The van der Waals surface area contributed by atoms with Gasteiger partial charge in [0.2, 0.25) is 0 Å². The number of rotatable bonds is 4. The van der Waals surface area contributed by atoms with Crippen LogP contribution in [0.1, 0.15) is 13.8 Å². The van der Waals surface area contributed by atoms with E-state index in [1.54, 1.807) is 15.7 Å². The third-order valence-electron chi connectivity index (χ3n) is 2.07. The molecule has 0 radical (unpaired) electrons. The molecule has 0 bridgehead atoms. The second-order valence-electron chi connectivity index (χ2n) is 2.96. The molecule has 1 rings (SSSR count). The molecule has 0 N–H and O–H groups in total. The van der Waals surface area contributed by atoms with Gasteiger partial charge in [0.15, 0.2) is 18.6 Å². The summed E-state index contributed by atoms with van der Waals surface area (Å²) in [4.78, 5) is 1.78. The molecule has 3 heteroatoms. The van der Waals surface area contributed by atoms with Crippen molar-refractivity contribution in [2.45, 2.75) is 13.8 Å². The molecule has 1 aromatic rings. The molecule has 0 amide bonds. The van der Waals surface area contributed by atoms with Crippen LogP contribution in [-0.4, -0.2) is 18.0 Å². The molecule has 0 saturated heterocycles. The van der Waals surface area contributed by atoms with Crippen LogP contribution in [-0.2, 0) is 0 Å². The second-order valence-corrected chi connectivity index (χ2v) is 2.96. The second kappa shape index (κ2) is 5.27. The van der Waals surface area contributed by atoms with Crippen LogP contribution in [0.3, 0.4) is 0 Å². The summed E-state index contributed by atoms with van der Waals surface area (Å²) in [7, 11) is 0. The van der Waals surface area contributed by atoms with E-state index in [9.17, 15) is 5.11 Å². The van der Waals surface area contributed by atoms with Crippen molar-refractivity contribution in [2.24, 2.45) is 0 Å². The topological polar surface area (TPSA) is 30.2 Å². The molecule has 0 aliphatic carbocycles. The molecule has 0 aliphatic rings. The Bertz CT molecular complexity index is 291. The first-order chi connectivity index (χ1) is 6.77. The monoisotopic (exact) mass is 192 g/mol. The Morgan fingerprint density at radius 3 is 2.29 bits per heavy atom. The van der Waals surface area contributed by atoms with E-state index < -0.39 is 0 Å². The zero-order valence-corrected chi connectivity index (χ0v) is 8.68. The van der Waals surface area contributed by atoms with Crippen LogP contribution in [0.25, 0.3) is 6.20 Å². The number of aromatic nitrogens is 1. The van der Waals surface area contributed by atoms with Gasteiger partial charge < -0.3 is 10.0 Å². The normalized spacial score (nSPS) is 11.4. The smallest absolute Gasteiger partial charge is 0.182 e. The highest BCUT2D eigenvalue weighted by Crippen LogP contribution is 1.94. The molecule has 0 saturated carbocycles. The van der Waals surface area contributed by atoms with Crippen LogP contribution in [0.5, 0.6) is 0 Å². The molecule has 0 aromatic carbocycles. The summed E-state index contributed by atoms with van der Waals surface area (Å²) in [5.41, 5.74) is 0. The van der Waals surface area contributed by atoms with E-state index in [0.29, 0.717) is 0 Å². The fourth-order valence-corrected chi connectivity index (χ4v) is 1.24. The van der Waals surface area contributed by atoms with Crippen LogP contribution in [0.4, 0.5) is 0 Å². The van der Waals surface area contributed by atoms with Crippen molar-refractivity contribution in [1.82, 2.24) is 4.90 Å². The maximum absolute atomic E-state index is 11.6. The number of hydrogen-bond acceptors (Lipinski definition) is 2. The van der Waals surface area contributed by atoms with Gasteiger partial charge in [0.1, 0.15) is 0 Å². The molecule has 0 aliphatic heterocycles. The summed E-state index contributed by atoms with van der Waals surface area (Å²) in [5.74, 6) is 0.0474. The molecule has 1 aromatic heterocycles. The van der Waals surface area contributed by atoms with E-state index in [4.69, 9.17) is 0 Å². The van der Waals surface area contributed by atoms with Crippen LogP contribution in [0.15, 0.2) is 36.5 Å². The first-order valence-electron chi connectivity index (χ1n) is 4.87. The summed E-state index contributed by atoms with van der Waals surface area (Å²) in [6, 6.07) is 5.71. The summed E-state index contributed by atoms with van der Waals surface area (Å²) < 4.78 is 1.76. The Balaban J connectivity index is 2.77. The van der Waals surface area contributed by atoms with Gasteiger partial charge in [0.05, 0.1) is 0 Å². The first kappa shape index (κ1) is 10.6. The zero-order chi connectivity index (χ0) is 10.4. The van der Waals surface area contributed by atoms with Crippen molar-refractivity contribution < 1.29 is 9.67 Å². The highest BCUT2D eigenvalue weighted by molar-refractivity contribution is 5.10. The van der Waals surface area contributed by atoms with Gasteiger partial charge in [0.25, 0.3) is 0 Å². The molecular formula is C11H16N2O. The fourth-order valence-electron chi connectivity index (χ4n) is 1.24. The maximum Gasteiger partial charge on any atom is 0.182 e. The molecule has 0 spiro atoms. The van der Waals surface area contributed by atoms with Gasteiger partial charge in [-0.3, -0.25) is 0 Å². The van der Waals surface area contributed by atoms with Crippen molar-refractivity contribution in [1.29, 1.82) is 0 Å². The molecule has 0 unspecified atom stereocenters. The summed E-state index contributed by atoms with van der Waals surface area (Å²) in [5, 5.41) is 11.6. The highest BCUT2D eigenvalue weighted by Gasteiger charge is 1.98. The van der Waals surface area contributed by atoms with Crippen molar-refractivity contribution in [3.8, 4) is 0 Å². The van der Waals surface area contributed by atoms with Crippen LogP contribution < -0.4 is 9.67 Å². The third kappa shape index (κ3) is 2.76. The maximum atomic E-state index is 11.6. The standard InChI is InChI=1S/C11H16N2O/c1-3-13(4-2)11(14)10-12-8-6-5-7-9-12/h5-10H,3-4H2,1-2H3/b11-10-. The van der Waals surface area contributed by atoms with Gasteiger partial charge in [0, 0.05) is 31.1 Å². The van der Waals surface area contributed by atoms with E-state index in [-0.39, 0.29) is 5.88 Å². The van der Waals surface area contributed by atoms with Crippen molar-refractivity contribution in [2.75, 3.05) is 13.1 Å². The van der Waals surface area contributed by atoms with Crippen LogP contribution >= 0.6 is 0 Å². The van der Waals surface area contributed by atoms with Gasteiger partial charge in [-0.25, -0.2) is 0 Å². The lowest BCUT2D eigenvalue weighted by Crippen LogP contribution is -2.35. The fraction of sp³-hybridized carbons (Fsp3) is 0.364. The zero-order valence-electron chi connectivity index (χ0n) is 8.68. The van der Waals surface area contributed by atoms with Gasteiger partial charge in [-0.2, -0.15) is 4.57 Å². The Morgan fingerprint density at radius 1 is 1.21 bits per heavy atom. The van der Waals surface area contributed by atoms with E-state index in [1.807, 2.05) is 44.4 Å². The van der Waals surface area contributed by atoms with Crippen molar-refractivity contribution in [3.63, 3.8) is 0 Å². The minimum absolute atomic E-state index is 0.0474. The molecule has 76 valence electrons. The lowest BCUT2D eigenvalue weighted by Gasteiger charge is -2.26. The van der Waals surface area contributed by atoms with Crippen LogP contribution in [0, 0.1) is 0 Å². The van der Waals surface area contributed by atoms with Gasteiger partial charge >= 0.3 is 0 Å². The van der Waals surface area contributed by atoms with E-state index in [1.165, 1.54) is 0 Å². The Kier molecular flexibility index (Phi) is 3.98. The summed E-state index contributed by atoms with van der Waals surface area (Å²) in [6.07, 6.45) is 5.29. The molecule has 3 nitrogen and oxygen atoms in total. The Hall–Kier alpha value is -1.51. The van der Waals surface area contributed by atoms with E-state index in [2.05, 4.69) is 0 Å². The molecular weight excluding hydrogens is 176 g/mol. The molecule has 1 heterocycles. The van der Waals surface area contributed by atoms with Gasteiger partial charge in [-0.1, -0.05) is 6.07 Å². The minimum atomic E-state index is 0.0474. The van der Waals surface area contributed by atoms with Gasteiger partial charge in [-0.05, 0) is 13.8 Å².